The van der Waals surface area contributed by atoms with Crippen LogP contribution in [-0.4, -0.2) is 16.1 Å². The summed E-state index contributed by atoms with van der Waals surface area (Å²) in [4.78, 5) is 22.8. The molecule has 1 aromatic rings. The molecule has 0 unspecified atom stereocenters. The van der Waals surface area contributed by atoms with E-state index in [0.717, 1.165) is 6.20 Å². The fraction of sp³-hybridized carbons (Fsp3) is 0. The molecule has 11 heavy (non-hydrogen) atoms. The smallest absolute Gasteiger partial charge is 0.337 e. The van der Waals surface area contributed by atoms with Crippen LogP contribution in [0.4, 0.5) is 0 Å². The van der Waals surface area contributed by atoms with E-state index in [1.165, 1.54) is 12.1 Å². The van der Waals surface area contributed by atoms with E-state index in [2.05, 4.69) is 4.98 Å². The van der Waals surface area contributed by atoms with Crippen LogP contribution in [-0.2, 0) is 0 Å². The van der Waals surface area contributed by atoms with Gasteiger partial charge in [0.1, 0.15) is 0 Å². The van der Waals surface area contributed by atoms with Gasteiger partial charge in [-0.25, -0.2) is 4.79 Å². The molecular formula is C6H6ClNO3. The van der Waals surface area contributed by atoms with Crippen LogP contribution in [0.15, 0.2) is 23.1 Å². The monoisotopic (exact) mass is 175 g/mol. The third kappa shape index (κ3) is 2.43. The molecule has 5 heteroatoms. The van der Waals surface area contributed by atoms with Crippen LogP contribution in [0.5, 0.6) is 0 Å². The molecule has 0 saturated carbocycles. The van der Waals surface area contributed by atoms with Gasteiger partial charge in [0.05, 0.1) is 5.56 Å². The standard InChI is InChI=1S/C6H5NO3.ClH/c8-5-2-1-4(3-7-5)6(9)10;/h1-3H,(H,7,8)(H,9,10);1H. The van der Waals surface area contributed by atoms with E-state index in [9.17, 15) is 9.59 Å². The Hall–Kier alpha value is -1.29. The molecule has 0 spiro atoms. The number of aromatic nitrogens is 1. The van der Waals surface area contributed by atoms with E-state index in [0.29, 0.717) is 0 Å². The first-order valence-electron chi connectivity index (χ1n) is 2.62. The Labute approximate surface area is 68.3 Å². The van der Waals surface area contributed by atoms with Gasteiger partial charge in [-0.15, -0.1) is 12.4 Å². The van der Waals surface area contributed by atoms with Crippen molar-refractivity contribution < 1.29 is 9.90 Å². The first kappa shape index (κ1) is 9.71. The van der Waals surface area contributed by atoms with Crippen LogP contribution >= 0.6 is 12.4 Å². The number of aromatic carboxylic acids is 1. The molecule has 0 aliphatic rings. The second kappa shape index (κ2) is 3.78. The van der Waals surface area contributed by atoms with Crippen molar-refractivity contribution in [3.8, 4) is 0 Å². The summed E-state index contributed by atoms with van der Waals surface area (Å²) < 4.78 is 0. The number of hydrogen-bond acceptors (Lipinski definition) is 2. The highest BCUT2D eigenvalue weighted by molar-refractivity contribution is 5.86. The van der Waals surface area contributed by atoms with Crippen LogP contribution in [0.25, 0.3) is 0 Å². The number of aromatic amines is 1. The summed E-state index contributed by atoms with van der Waals surface area (Å²) in [6, 6.07) is 2.42. The third-order valence-electron chi connectivity index (χ3n) is 1.03. The van der Waals surface area contributed by atoms with E-state index in [1.54, 1.807) is 0 Å². The fourth-order valence-electron chi connectivity index (χ4n) is 0.544. The molecule has 4 nitrogen and oxygen atoms in total. The van der Waals surface area contributed by atoms with Crippen LogP contribution in [0.1, 0.15) is 10.4 Å². The molecule has 1 aromatic heterocycles. The predicted octanol–water partition coefficient (Wildman–Crippen LogP) is 0.495. The number of rotatable bonds is 1. The number of hydrogen-bond donors (Lipinski definition) is 2. The largest absolute Gasteiger partial charge is 0.478 e. The first-order valence-corrected chi connectivity index (χ1v) is 2.62. The Morgan fingerprint density at radius 3 is 2.45 bits per heavy atom. The summed E-state index contributed by atoms with van der Waals surface area (Å²) in [6.07, 6.45) is 1.16. The molecule has 0 fully saturated rings. The molecule has 60 valence electrons. The van der Waals surface area contributed by atoms with Gasteiger partial charge < -0.3 is 10.1 Å². The number of H-pyrrole nitrogens is 1. The molecule has 0 saturated heterocycles. The van der Waals surface area contributed by atoms with Gasteiger partial charge in [0.15, 0.2) is 0 Å². The molecule has 2 N–H and O–H groups in total. The summed E-state index contributed by atoms with van der Waals surface area (Å²) in [5.74, 6) is -1.05. The lowest BCUT2D eigenvalue weighted by molar-refractivity contribution is 0.0696. The van der Waals surface area contributed by atoms with Gasteiger partial charge in [0, 0.05) is 12.3 Å². The maximum Gasteiger partial charge on any atom is 0.337 e. The number of nitrogens with one attached hydrogen (secondary N) is 1. The summed E-state index contributed by atoms with van der Waals surface area (Å²) >= 11 is 0. The minimum absolute atomic E-state index is 0. The van der Waals surface area contributed by atoms with Crippen molar-refractivity contribution >= 4 is 18.4 Å². The number of halogens is 1. The van der Waals surface area contributed by atoms with Crippen molar-refractivity contribution in [1.82, 2.24) is 4.98 Å². The summed E-state index contributed by atoms with van der Waals surface area (Å²) in [6.45, 7) is 0. The molecule has 0 aliphatic carbocycles. The van der Waals surface area contributed by atoms with Crippen molar-refractivity contribution in [2.24, 2.45) is 0 Å². The lowest BCUT2D eigenvalue weighted by Crippen LogP contribution is -2.05. The normalized spacial score (nSPS) is 8.36. The Kier molecular flexibility index (Phi) is 3.33. The first-order chi connectivity index (χ1) is 4.70. The highest BCUT2D eigenvalue weighted by Crippen LogP contribution is 1.90. The second-order valence-electron chi connectivity index (χ2n) is 1.75. The molecule has 0 radical (unpaired) electrons. The Morgan fingerprint density at radius 1 is 1.45 bits per heavy atom. The summed E-state index contributed by atoms with van der Waals surface area (Å²) in [5, 5.41) is 8.35. The van der Waals surface area contributed by atoms with Crippen LogP contribution in [0.3, 0.4) is 0 Å². The maximum atomic E-state index is 10.4. The van der Waals surface area contributed by atoms with Gasteiger partial charge in [-0.05, 0) is 6.07 Å². The van der Waals surface area contributed by atoms with Crippen LogP contribution < -0.4 is 5.56 Å². The quantitative estimate of drug-likeness (QED) is 0.653. The zero-order valence-corrected chi connectivity index (χ0v) is 6.22. The van der Waals surface area contributed by atoms with E-state index in [4.69, 9.17) is 5.11 Å². The Bertz CT molecular complexity index is 286. The zero-order valence-electron chi connectivity index (χ0n) is 5.40. The minimum Gasteiger partial charge on any atom is -0.478 e. The van der Waals surface area contributed by atoms with Crippen molar-refractivity contribution in [2.45, 2.75) is 0 Å². The van der Waals surface area contributed by atoms with E-state index >= 15 is 0 Å². The maximum absolute atomic E-state index is 10.4. The Balaban J connectivity index is 0.000001000. The van der Waals surface area contributed by atoms with E-state index in [-0.39, 0.29) is 23.5 Å². The zero-order chi connectivity index (χ0) is 7.56. The van der Waals surface area contributed by atoms with Gasteiger partial charge in [0.2, 0.25) is 5.56 Å². The number of pyridine rings is 1. The highest BCUT2D eigenvalue weighted by Gasteiger charge is 1.98. The van der Waals surface area contributed by atoms with E-state index in [1.807, 2.05) is 0 Å². The molecule has 1 heterocycles. The van der Waals surface area contributed by atoms with Crippen LogP contribution in [0.2, 0.25) is 0 Å². The lowest BCUT2D eigenvalue weighted by atomic mass is 10.3. The van der Waals surface area contributed by atoms with Crippen molar-refractivity contribution in [3.05, 3.63) is 34.2 Å². The average molecular weight is 176 g/mol. The summed E-state index contributed by atoms with van der Waals surface area (Å²) in [7, 11) is 0. The van der Waals surface area contributed by atoms with Gasteiger partial charge in [-0.3, -0.25) is 4.79 Å². The fourth-order valence-corrected chi connectivity index (χ4v) is 0.544. The SMILES string of the molecule is Cl.O=C(O)c1ccc(=O)[nH]c1. The number of carbonyl (C=O) groups is 1. The van der Waals surface area contributed by atoms with Crippen LogP contribution in [0, 0.1) is 0 Å². The van der Waals surface area contributed by atoms with Gasteiger partial charge in [-0.1, -0.05) is 0 Å². The van der Waals surface area contributed by atoms with E-state index < -0.39 is 5.97 Å². The summed E-state index contributed by atoms with van der Waals surface area (Å²) in [5.41, 5.74) is -0.218. The van der Waals surface area contributed by atoms with Crippen molar-refractivity contribution in [2.75, 3.05) is 0 Å². The molecule has 0 aliphatic heterocycles. The number of carboxylic acid groups (broad SMARTS) is 1. The molecule has 0 atom stereocenters. The van der Waals surface area contributed by atoms with Gasteiger partial charge in [-0.2, -0.15) is 0 Å². The average Bonchev–Trinajstić information content (AvgIpc) is 1.88. The highest BCUT2D eigenvalue weighted by atomic mass is 35.5. The lowest BCUT2D eigenvalue weighted by Gasteiger charge is -1.88. The van der Waals surface area contributed by atoms with Crippen molar-refractivity contribution in [3.63, 3.8) is 0 Å². The molecular weight excluding hydrogens is 170 g/mol. The molecule has 0 amide bonds. The topological polar surface area (TPSA) is 70.2 Å². The Morgan fingerprint density at radius 2 is 2.09 bits per heavy atom. The number of carboxylic acids is 1. The molecule has 0 bridgehead atoms. The van der Waals surface area contributed by atoms with Crippen molar-refractivity contribution in [1.29, 1.82) is 0 Å². The second-order valence-corrected chi connectivity index (χ2v) is 1.75. The molecule has 0 aromatic carbocycles. The molecule has 1 rings (SSSR count). The minimum atomic E-state index is -1.05. The third-order valence-corrected chi connectivity index (χ3v) is 1.03. The van der Waals surface area contributed by atoms with Gasteiger partial charge >= 0.3 is 5.97 Å². The van der Waals surface area contributed by atoms with Gasteiger partial charge in [0.25, 0.3) is 0 Å². The predicted molar refractivity (Wildman–Crippen MR) is 41.3 cm³/mol.